The van der Waals surface area contributed by atoms with Crippen molar-refractivity contribution >= 4 is 22.8 Å². The summed E-state index contributed by atoms with van der Waals surface area (Å²) in [6, 6.07) is 1.52. The number of rotatable bonds is 3. The Balaban J connectivity index is 2.25. The molecule has 0 aromatic carbocycles. The van der Waals surface area contributed by atoms with E-state index in [1.165, 1.54) is 19.2 Å². The second-order valence-corrected chi connectivity index (χ2v) is 5.23. The van der Waals surface area contributed by atoms with Crippen LogP contribution in [-0.2, 0) is 4.79 Å². The monoisotopic (exact) mass is 320 g/mol. The van der Waals surface area contributed by atoms with Crippen LogP contribution in [0.15, 0.2) is 18.6 Å². The van der Waals surface area contributed by atoms with E-state index in [1.807, 2.05) is 0 Å². The van der Waals surface area contributed by atoms with Crippen molar-refractivity contribution in [2.75, 3.05) is 24.9 Å². The molecule has 120 valence electrons. The van der Waals surface area contributed by atoms with Crippen molar-refractivity contribution in [1.29, 1.82) is 5.26 Å². The molecule has 7 heteroatoms. The molecule has 0 aliphatic carbocycles. The molecule has 0 saturated carbocycles. The third-order valence-corrected chi connectivity index (χ3v) is 3.64. The maximum atomic E-state index is 12.5. The number of nitrogens with zero attached hydrogens (tertiary/aromatic N) is 5. The Bertz CT molecular complexity index is 1040. The summed E-state index contributed by atoms with van der Waals surface area (Å²) < 4.78 is 65.8. The van der Waals surface area contributed by atoms with Crippen molar-refractivity contribution in [3.05, 3.63) is 18.6 Å². The van der Waals surface area contributed by atoms with Crippen molar-refractivity contribution in [1.82, 2.24) is 19.9 Å². The van der Waals surface area contributed by atoms with Gasteiger partial charge in [0, 0.05) is 33.0 Å². The van der Waals surface area contributed by atoms with Crippen LogP contribution >= 0.6 is 0 Å². The summed E-state index contributed by atoms with van der Waals surface area (Å²) in [5.74, 6) is -2.20. The van der Waals surface area contributed by atoms with Gasteiger partial charge >= 0.3 is 0 Å². The third kappa shape index (κ3) is 2.84. The van der Waals surface area contributed by atoms with Gasteiger partial charge in [-0.1, -0.05) is 6.92 Å². The number of likely N-dealkylation sites (N-methyl/N-ethyl adjacent to an activating group) is 1. The number of aromatic amines is 1. The minimum atomic E-state index is -2.95. The number of nitrogens with one attached hydrogen (secondary N) is 1. The summed E-state index contributed by atoms with van der Waals surface area (Å²) in [5, 5.41) is 9.12. The Labute approximate surface area is 146 Å². The molecule has 0 bridgehead atoms. The Kier molecular flexibility index (Phi) is 2.25. The number of anilines is 1. The molecule has 7 nitrogen and oxygen atoms in total. The third-order valence-electron chi connectivity index (χ3n) is 3.64. The van der Waals surface area contributed by atoms with Gasteiger partial charge in [0.05, 0.1) is 20.2 Å². The van der Waals surface area contributed by atoms with Crippen molar-refractivity contribution in [3.8, 4) is 6.07 Å². The number of amides is 1. The average molecular weight is 320 g/mol. The first kappa shape index (κ1) is 8.29. The van der Waals surface area contributed by atoms with E-state index in [4.69, 9.17) is 16.2 Å². The number of fused-ring (bicyclic) bond motifs is 1. The number of hydrogen-bond acceptors (Lipinski definition) is 5. The predicted molar refractivity (Wildman–Crippen MR) is 86.7 cm³/mol. The summed E-state index contributed by atoms with van der Waals surface area (Å²) >= 11 is 0. The van der Waals surface area contributed by atoms with Crippen LogP contribution in [0.2, 0.25) is 0 Å². The lowest BCUT2D eigenvalue weighted by Gasteiger charge is -2.42. The molecule has 0 spiro atoms. The molecule has 23 heavy (non-hydrogen) atoms. The fourth-order valence-electron chi connectivity index (χ4n) is 2.40. The highest BCUT2D eigenvalue weighted by Gasteiger charge is 2.32. The molecule has 1 fully saturated rings. The Morgan fingerprint density at radius 2 is 2.61 bits per heavy atom. The van der Waals surface area contributed by atoms with Crippen LogP contribution in [0.5, 0.6) is 0 Å². The van der Waals surface area contributed by atoms with Gasteiger partial charge in [-0.3, -0.25) is 4.79 Å². The Hall–Kier alpha value is -2.62. The largest absolute Gasteiger partial charge is 0.354 e. The highest BCUT2D eigenvalue weighted by Crippen LogP contribution is 2.28. The fraction of sp³-hybridized carbons (Fsp3) is 0.500. The number of aromatic nitrogens is 3. The van der Waals surface area contributed by atoms with Crippen LogP contribution < -0.4 is 4.90 Å². The van der Waals surface area contributed by atoms with E-state index in [-0.39, 0.29) is 23.3 Å². The van der Waals surface area contributed by atoms with E-state index < -0.39 is 50.6 Å². The molecule has 1 aliphatic rings. The van der Waals surface area contributed by atoms with Crippen molar-refractivity contribution < 1.29 is 15.8 Å². The fourth-order valence-corrected chi connectivity index (χ4v) is 2.40. The maximum Gasteiger partial charge on any atom is 0.236 e. The van der Waals surface area contributed by atoms with E-state index in [1.54, 1.807) is 6.07 Å². The van der Waals surface area contributed by atoms with E-state index in [0.29, 0.717) is 4.90 Å². The average Bonchev–Trinajstić information content (AvgIpc) is 3.04. The van der Waals surface area contributed by atoms with E-state index in [9.17, 15) is 4.79 Å². The molecular formula is C16H20N6O. The zero-order chi connectivity index (χ0) is 23.4. The van der Waals surface area contributed by atoms with Gasteiger partial charge in [-0.05, 0) is 18.4 Å². The number of carbonyl (C=O) groups excluding carboxylic acids is 1. The Morgan fingerprint density at radius 3 is 3.39 bits per heavy atom. The second kappa shape index (κ2) is 6.24. The first-order valence-corrected chi connectivity index (χ1v) is 7.03. The summed E-state index contributed by atoms with van der Waals surface area (Å²) in [5.41, 5.74) is 0.181. The lowest BCUT2D eigenvalue weighted by Crippen LogP contribution is -2.52. The lowest BCUT2D eigenvalue weighted by molar-refractivity contribution is -0.131. The number of carbonyl (C=O) groups is 1. The summed E-state index contributed by atoms with van der Waals surface area (Å²) in [6.07, 6.45) is -0.146. The van der Waals surface area contributed by atoms with E-state index in [0.717, 1.165) is 4.90 Å². The van der Waals surface area contributed by atoms with Gasteiger partial charge in [0.15, 0.2) is 0 Å². The number of likely N-dealkylation sites (tertiary alicyclic amines) is 1. The molecule has 2 atom stereocenters. The van der Waals surface area contributed by atoms with Gasteiger partial charge in [0.1, 0.15) is 25.6 Å². The minimum absolute atomic E-state index is 0.181. The summed E-state index contributed by atoms with van der Waals surface area (Å²) in [7, 11) is 0. The van der Waals surface area contributed by atoms with E-state index >= 15 is 0 Å². The van der Waals surface area contributed by atoms with Crippen LogP contribution in [0.25, 0.3) is 11.0 Å². The zero-order valence-electron chi connectivity index (χ0n) is 20.4. The molecule has 1 aliphatic heterocycles. The molecule has 1 N–H and O–H groups in total. The van der Waals surface area contributed by atoms with Crippen molar-refractivity contribution in [3.63, 3.8) is 0 Å². The maximum absolute atomic E-state index is 12.5. The first-order chi connectivity index (χ1) is 14.2. The van der Waals surface area contributed by atoms with E-state index in [2.05, 4.69) is 15.0 Å². The normalized spacial score (nSPS) is 31.2. The standard InChI is InChI=1S/C16H20N6O/c1-11-5-8-22(14(23)3-6-17)9-13(11)21(2)16-12-4-7-18-15(12)19-10-20-16/h4,7,10-11,13H,3,5,8-9H2,1-2H3,(H,18,19,20)/t11-,13+/m1/s1/i2D3,8D2,9D2,10D. The molecule has 0 unspecified atom stereocenters. The quantitative estimate of drug-likeness (QED) is 0.926. The van der Waals surface area contributed by atoms with Crippen LogP contribution in [0.3, 0.4) is 0 Å². The zero-order valence-corrected chi connectivity index (χ0v) is 12.4. The molecule has 0 radical (unpaired) electrons. The van der Waals surface area contributed by atoms with Crippen LogP contribution in [0.4, 0.5) is 5.82 Å². The first-order valence-electron chi connectivity index (χ1n) is 11.0. The molecule has 3 heterocycles. The number of hydrogen-bond donors (Lipinski definition) is 1. The van der Waals surface area contributed by atoms with Crippen molar-refractivity contribution in [2.24, 2.45) is 5.92 Å². The van der Waals surface area contributed by atoms with Crippen LogP contribution in [0, 0.1) is 17.2 Å². The predicted octanol–water partition coefficient (Wildman–Crippen LogP) is 1.54. The smallest absolute Gasteiger partial charge is 0.236 e. The second-order valence-electron chi connectivity index (χ2n) is 5.23. The van der Waals surface area contributed by atoms with Gasteiger partial charge in [0.25, 0.3) is 0 Å². The molecular weight excluding hydrogens is 292 g/mol. The molecule has 3 rings (SSSR count). The van der Waals surface area contributed by atoms with Crippen LogP contribution in [0.1, 0.15) is 30.7 Å². The number of H-pyrrole nitrogens is 1. The minimum Gasteiger partial charge on any atom is -0.354 e. The lowest BCUT2D eigenvalue weighted by atomic mass is 9.92. The van der Waals surface area contributed by atoms with Gasteiger partial charge in [-0.25, -0.2) is 9.97 Å². The van der Waals surface area contributed by atoms with Gasteiger partial charge in [0.2, 0.25) is 5.91 Å². The number of piperidine rings is 1. The Morgan fingerprint density at radius 1 is 1.74 bits per heavy atom. The van der Waals surface area contributed by atoms with Gasteiger partial charge in [-0.15, -0.1) is 0 Å². The molecule has 2 aromatic heterocycles. The topological polar surface area (TPSA) is 88.9 Å². The summed E-state index contributed by atoms with van der Waals surface area (Å²) in [4.78, 5) is 24.2. The molecule has 1 amide bonds. The summed E-state index contributed by atoms with van der Waals surface area (Å²) in [6.45, 7) is -6.73. The van der Waals surface area contributed by atoms with Gasteiger partial charge in [-0.2, -0.15) is 5.26 Å². The SMILES string of the molecule is [2H]c1nc(N([C@@H]2[C@H](C)CC([2H])([2H])N(C(=O)CC#N)C2([2H])[2H])C([2H])([2H])[2H])c2cc[nH]c2n1. The van der Waals surface area contributed by atoms with Crippen molar-refractivity contribution in [2.45, 2.75) is 25.8 Å². The highest BCUT2D eigenvalue weighted by molar-refractivity contribution is 5.87. The molecule has 1 saturated heterocycles. The van der Waals surface area contributed by atoms with Crippen LogP contribution in [-0.4, -0.2) is 51.8 Å². The number of nitriles is 1. The molecule has 2 aromatic rings. The van der Waals surface area contributed by atoms with Gasteiger partial charge < -0.3 is 14.8 Å². The highest BCUT2D eigenvalue weighted by atomic mass is 16.2.